The van der Waals surface area contributed by atoms with Crippen LogP contribution < -0.4 is 0 Å². The molecular weight excluding hydrogens is 270 g/mol. The van der Waals surface area contributed by atoms with Gasteiger partial charge in [0.05, 0.1) is 0 Å². The van der Waals surface area contributed by atoms with E-state index in [-0.39, 0.29) is 0 Å². The van der Waals surface area contributed by atoms with Gasteiger partial charge in [-0.1, -0.05) is 30.3 Å². The first kappa shape index (κ1) is 15.3. The highest BCUT2D eigenvalue weighted by molar-refractivity contribution is 7.98. The Balaban J connectivity index is 1.89. The average molecular weight is 296 g/mol. The van der Waals surface area contributed by atoms with Gasteiger partial charge in [-0.3, -0.25) is 4.90 Å². The molecule has 0 bridgehead atoms. The van der Waals surface area contributed by atoms with E-state index in [1.807, 2.05) is 23.5 Å². The van der Waals surface area contributed by atoms with Crippen molar-refractivity contribution >= 4 is 23.5 Å². The Morgan fingerprint density at radius 1 is 1.05 bits per heavy atom. The van der Waals surface area contributed by atoms with Crippen molar-refractivity contribution in [2.24, 2.45) is 11.8 Å². The number of nitrogens with zero attached hydrogens (tertiary/aromatic N) is 1. The van der Waals surface area contributed by atoms with E-state index in [2.05, 4.69) is 47.7 Å². The lowest BCUT2D eigenvalue weighted by atomic mass is 9.95. The Labute approximate surface area is 126 Å². The topological polar surface area (TPSA) is 3.24 Å². The van der Waals surface area contributed by atoms with Gasteiger partial charge in [0.15, 0.2) is 0 Å². The Morgan fingerprint density at radius 2 is 1.79 bits per heavy atom. The van der Waals surface area contributed by atoms with E-state index >= 15 is 0 Å². The number of thioether (sulfide) groups is 2. The third-order valence-corrected chi connectivity index (χ3v) is 5.38. The molecule has 1 fully saturated rings. The molecule has 1 aliphatic rings. The second-order valence-corrected chi connectivity index (χ2v) is 7.33. The molecule has 3 heteroatoms. The molecule has 0 spiro atoms. The van der Waals surface area contributed by atoms with Gasteiger partial charge in [0.1, 0.15) is 0 Å². The summed E-state index contributed by atoms with van der Waals surface area (Å²) in [5.41, 5.74) is 1.45. The summed E-state index contributed by atoms with van der Waals surface area (Å²) in [6.45, 7) is 3.71. The zero-order chi connectivity index (χ0) is 13.5. The van der Waals surface area contributed by atoms with Crippen molar-refractivity contribution in [3.63, 3.8) is 0 Å². The van der Waals surface area contributed by atoms with Crippen LogP contribution in [0.15, 0.2) is 30.3 Å². The van der Waals surface area contributed by atoms with Crippen molar-refractivity contribution in [2.45, 2.75) is 13.0 Å². The highest BCUT2D eigenvalue weighted by atomic mass is 32.2. The van der Waals surface area contributed by atoms with Crippen molar-refractivity contribution in [1.29, 1.82) is 0 Å². The van der Waals surface area contributed by atoms with Crippen molar-refractivity contribution in [3.05, 3.63) is 35.9 Å². The zero-order valence-electron chi connectivity index (χ0n) is 12.0. The molecular formula is C16H25NS2. The molecule has 1 heterocycles. The third-order valence-electron chi connectivity index (χ3n) is 3.97. The molecule has 1 aliphatic heterocycles. The molecule has 106 valence electrons. The molecule has 2 rings (SSSR count). The number of rotatable bonds is 7. The van der Waals surface area contributed by atoms with Crippen molar-refractivity contribution in [3.8, 4) is 0 Å². The van der Waals surface area contributed by atoms with Crippen LogP contribution in [-0.4, -0.2) is 42.0 Å². The summed E-state index contributed by atoms with van der Waals surface area (Å²) in [6.07, 6.45) is 5.85. The van der Waals surface area contributed by atoms with Crippen LogP contribution in [0, 0.1) is 11.8 Å². The van der Waals surface area contributed by atoms with Crippen LogP contribution in [0.4, 0.5) is 0 Å². The molecule has 2 atom stereocenters. The van der Waals surface area contributed by atoms with Gasteiger partial charge in [-0.2, -0.15) is 23.5 Å². The van der Waals surface area contributed by atoms with E-state index < -0.39 is 0 Å². The summed E-state index contributed by atoms with van der Waals surface area (Å²) < 4.78 is 0. The standard InChI is InChI=1S/C16H25NS2/c1-18-9-8-15-11-17(12-16(15)13-19-2)10-14-6-4-3-5-7-14/h3-7,15-16H,8-13H2,1-2H3. The first-order chi connectivity index (χ1) is 9.33. The Morgan fingerprint density at radius 3 is 2.47 bits per heavy atom. The minimum atomic E-state index is 0.894. The summed E-state index contributed by atoms with van der Waals surface area (Å²) >= 11 is 4.00. The van der Waals surface area contributed by atoms with Crippen LogP contribution >= 0.6 is 23.5 Å². The zero-order valence-corrected chi connectivity index (χ0v) is 13.7. The SMILES string of the molecule is CSCCC1CN(Cc2ccccc2)CC1CSC. The number of likely N-dealkylation sites (tertiary alicyclic amines) is 1. The highest BCUT2D eigenvalue weighted by Crippen LogP contribution is 2.30. The molecule has 1 nitrogen and oxygen atoms in total. The maximum atomic E-state index is 2.65. The normalized spacial score (nSPS) is 23.9. The largest absolute Gasteiger partial charge is 0.298 e. The Kier molecular flexibility index (Phi) is 6.62. The first-order valence-corrected chi connectivity index (χ1v) is 9.86. The van der Waals surface area contributed by atoms with E-state index in [0.717, 1.165) is 18.4 Å². The fourth-order valence-corrected chi connectivity index (χ4v) is 4.35. The molecule has 19 heavy (non-hydrogen) atoms. The van der Waals surface area contributed by atoms with Crippen LogP contribution in [0.5, 0.6) is 0 Å². The van der Waals surface area contributed by atoms with E-state index in [1.54, 1.807) is 0 Å². The lowest BCUT2D eigenvalue weighted by molar-refractivity contribution is 0.314. The highest BCUT2D eigenvalue weighted by Gasteiger charge is 2.31. The molecule has 0 aliphatic carbocycles. The van der Waals surface area contributed by atoms with E-state index in [1.165, 1.54) is 36.6 Å². The fourth-order valence-electron chi connectivity index (χ4n) is 3.01. The summed E-state index contributed by atoms with van der Waals surface area (Å²) in [4.78, 5) is 2.65. The predicted octanol–water partition coefficient (Wildman–Crippen LogP) is 3.85. The average Bonchev–Trinajstić information content (AvgIpc) is 2.80. The van der Waals surface area contributed by atoms with Crippen LogP contribution in [0.1, 0.15) is 12.0 Å². The minimum absolute atomic E-state index is 0.894. The third kappa shape index (κ3) is 4.73. The monoisotopic (exact) mass is 295 g/mol. The van der Waals surface area contributed by atoms with E-state index in [0.29, 0.717) is 0 Å². The summed E-state index contributed by atoms with van der Waals surface area (Å²) in [5, 5.41) is 0. The number of benzene rings is 1. The maximum absolute atomic E-state index is 2.65. The van der Waals surface area contributed by atoms with Gasteiger partial charge >= 0.3 is 0 Å². The molecule has 0 amide bonds. The molecule has 2 unspecified atom stereocenters. The van der Waals surface area contributed by atoms with Crippen molar-refractivity contribution < 1.29 is 0 Å². The quantitative estimate of drug-likeness (QED) is 0.752. The smallest absolute Gasteiger partial charge is 0.0233 e. The van der Waals surface area contributed by atoms with Gasteiger partial charge in [0.25, 0.3) is 0 Å². The van der Waals surface area contributed by atoms with Gasteiger partial charge in [-0.25, -0.2) is 0 Å². The second-order valence-electron chi connectivity index (χ2n) is 5.44. The van der Waals surface area contributed by atoms with Crippen LogP contribution in [-0.2, 0) is 6.54 Å². The van der Waals surface area contributed by atoms with Crippen LogP contribution in [0.2, 0.25) is 0 Å². The molecule has 1 aromatic carbocycles. The van der Waals surface area contributed by atoms with Crippen LogP contribution in [0.25, 0.3) is 0 Å². The maximum Gasteiger partial charge on any atom is 0.0233 e. The molecule has 0 N–H and O–H groups in total. The number of hydrogen-bond donors (Lipinski definition) is 0. The second kappa shape index (κ2) is 8.23. The lowest BCUT2D eigenvalue weighted by Crippen LogP contribution is -2.20. The molecule has 0 radical (unpaired) electrons. The van der Waals surface area contributed by atoms with Crippen molar-refractivity contribution in [2.75, 3.05) is 37.1 Å². The van der Waals surface area contributed by atoms with Gasteiger partial charge in [-0.05, 0) is 47.8 Å². The summed E-state index contributed by atoms with van der Waals surface area (Å²) in [7, 11) is 0. The fraction of sp³-hybridized carbons (Fsp3) is 0.625. The Bertz CT molecular complexity index is 355. The molecule has 1 saturated heterocycles. The van der Waals surface area contributed by atoms with Gasteiger partial charge in [-0.15, -0.1) is 0 Å². The van der Waals surface area contributed by atoms with Gasteiger partial charge in [0.2, 0.25) is 0 Å². The molecule has 0 saturated carbocycles. The molecule has 0 aromatic heterocycles. The summed E-state index contributed by atoms with van der Waals surface area (Å²) in [5.74, 6) is 4.44. The number of hydrogen-bond acceptors (Lipinski definition) is 3. The first-order valence-electron chi connectivity index (χ1n) is 7.07. The van der Waals surface area contributed by atoms with Crippen molar-refractivity contribution in [1.82, 2.24) is 4.90 Å². The minimum Gasteiger partial charge on any atom is -0.298 e. The Hall–Kier alpha value is -0.120. The molecule has 1 aromatic rings. The van der Waals surface area contributed by atoms with Crippen LogP contribution in [0.3, 0.4) is 0 Å². The summed E-state index contributed by atoms with van der Waals surface area (Å²) in [6, 6.07) is 10.9. The predicted molar refractivity (Wildman–Crippen MR) is 90.1 cm³/mol. The lowest BCUT2D eigenvalue weighted by Gasteiger charge is -2.16. The van der Waals surface area contributed by atoms with Gasteiger partial charge in [0, 0.05) is 19.6 Å². The van der Waals surface area contributed by atoms with E-state index in [9.17, 15) is 0 Å². The van der Waals surface area contributed by atoms with Gasteiger partial charge < -0.3 is 0 Å². The van der Waals surface area contributed by atoms with E-state index in [4.69, 9.17) is 0 Å².